The maximum absolute atomic E-state index is 12.6. The Balaban J connectivity index is 1.45. The topological polar surface area (TPSA) is 174 Å². The molecule has 0 spiro atoms. The van der Waals surface area contributed by atoms with Crippen molar-refractivity contribution >= 4 is 41.3 Å². The number of rotatable bonds is 7. The standard InChI is InChI=1S/C13H14N10O4S2/c1-21-13(16-18-19-21)29-4-6-3-28-11-8(10(25)23(11)9(6)12(26)27)15-7(24)2-22-5-14-17-20-22/h5,8,11H,2-4H2,1H3,(H,15,24)(H,26,27)/t8?,11-/m0/s1. The second kappa shape index (κ2) is 7.78. The van der Waals surface area contributed by atoms with Crippen molar-refractivity contribution < 1.29 is 19.5 Å². The largest absolute Gasteiger partial charge is 0.477 e. The molecule has 2 atom stereocenters. The number of aliphatic carboxylic acids is 1. The molecule has 2 aromatic rings. The highest BCUT2D eigenvalue weighted by Crippen LogP contribution is 2.41. The maximum atomic E-state index is 12.6. The number of nitrogens with one attached hydrogen (secondary N) is 1. The van der Waals surface area contributed by atoms with Gasteiger partial charge in [-0.1, -0.05) is 11.8 Å². The summed E-state index contributed by atoms with van der Waals surface area (Å²) in [6, 6.07) is -0.796. The molecule has 2 amide bonds. The van der Waals surface area contributed by atoms with E-state index in [0.29, 0.717) is 22.2 Å². The lowest BCUT2D eigenvalue weighted by molar-refractivity contribution is -0.150. The fourth-order valence-electron chi connectivity index (χ4n) is 2.91. The van der Waals surface area contributed by atoms with Crippen LogP contribution in [-0.4, -0.2) is 91.1 Å². The van der Waals surface area contributed by atoms with Gasteiger partial charge in [0.25, 0.3) is 5.91 Å². The first kappa shape index (κ1) is 19.3. The van der Waals surface area contributed by atoms with Gasteiger partial charge in [0.2, 0.25) is 11.1 Å². The predicted molar refractivity (Wildman–Crippen MR) is 97.0 cm³/mol. The Morgan fingerprint density at radius 3 is 2.86 bits per heavy atom. The third-order valence-corrected chi connectivity index (χ3v) is 6.66. The van der Waals surface area contributed by atoms with E-state index >= 15 is 0 Å². The van der Waals surface area contributed by atoms with E-state index in [1.807, 2.05) is 0 Å². The number of carboxylic acid groups (broad SMARTS) is 1. The van der Waals surface area contributed by atoms with Gasteiger partial charge in [-0.3, -0.25) is 14.5 Å². The molecule has 14 nitrogen and oxygen atoms in total. The number of aryl methyl sites for hydroxylation is 1. The van der Waals surface area contributed by atoms with Crippen molar-refractivity contribution in [2.24, 2.45) is 7.05 Å². The molecule has 29 heavy (non-hydrogen) atoms. The fraction of sp³-hybridized carbons (Fsp3) is 0.462. The van der Waals surface area contributed by atoms with Gasteiger partial charge in [-0.05, 0) is 26.4 Å². The van der Waals surface area contributed by atoms with Gasteiger partial charge >= 0.3 is 5.97 Å². The van der Waals surface area contributed by atoms with Crippen LogP contribution in [0, 0.1) is 0 Å². The molecule has 0 aliphatic carbocycles. The molecule has 4 rings (SSSR count). The summed E-state index contributed by atoms with van der Waals surface area (Å²) in [6.45, 7) is -0.135. The van der Waals surface area contributed by atoms with Gasteiger partial charge in [0.1, 0.15) is 30.0 Å². The Hall–Kier alpha value is -3.01. The van der Waals surface area contributed by atoms with Crippen LogP contribution in [0.1, 0.15) is 0 Å². The third kappa shape index (κ3) is 3.67. The molecule has 0 aromatic carbocycles. The number of fused-ring (bicyclic) bond motifs is 1. The average Bonchev–Trinajstić information content (AvgIpc) is 3.35. The Morgan fingerprint density at radius 1 is 1.38 bits per heavy atom. The Labute approximate surface area is 171 Å². The van der Waals surface area contributed by atoms with Crippen LogP contribution < -0.4 is 5.32 Å². The number of carbonyl (C=O) groups excluding carboxylic acids is 2. The molecule has 0 radical (unpaired) electrons. The molecule has 2 aliphatic heterocycles. The van der Waals surface area contributed by atoms with Crippen LogP contribution in [0.15, 0.2) is 22.8 Å². The molecule has 0 bridgehead atoms. The number of tetrazole rings is 2. The number of β-lactam (4-membered cyclic amide) rings is 1. The van der Waals surface area contributed by atoms with Crippen LogP contribution in [0.5, 0.6) is 0 Å². The van der Waals surface area contributed by atoms with Crippen molar-refractivity contribution in [1.82, 2.24) is 50.6 Å². The van der Waals surface area contributed by atoms with E-state index in [2.05, 4.69) is 36.4 Å². The van der Waals surface area contributed by atoms with Crippen molar-refractivity contribution in [1.29, 1.82) is 0 Å². The second-order valence-electron chi connectivity index (χ2n) is 6.09. The summed E-state index contributed by atoms with van der Waals surface area (Å²) in [4.78, 5) is 37.8. The van der Waals surface area contributed by atoms with Crippen LogP contribution in [0.3, 0.4) is 0 Å². The van der Waals surface area contributed by atoms with Crippen molar-refractivity contribution in [2.75, 3.05) is 11.5 Å². The van der Waals surface area contributed by atoms with Gasteiger partial charge in [-0.15, -0.1) is 22.0 Å². The zero-order chi connectivity index (χ0) is 20.5. The van der Waals surface area contributed by atoms with Gasteiger partial charge in [0.15, 0.2) is 0 Å². The van der Waals surface area contributed by atoms with Gasteiger partial charge in [0.05, 0.1) is 0 Å². The molecular formula is C13H14N10O4S2. The summed E-state index contributed by atoms with van der Waals surface area (Å²) in [5.74, 6) is -1.35. The summed E-state index contributed by atoms with van der Waals surface area (Å²) in [6.07, 6.45) is 1.28. The van der Waals surface area contributed by atoms with Crippen LogP contribution in [0.2, 0.25) is 0 Å². The first-order valence-electron chi connectivity index (χ1n) is 8.21. The van der Waals surface area contributed by atoms with Crippen LogP contribution in [0.25, 0.3) is 0 Å². The molecule has 4 heterocycles. The fourth-order valence-corrected chi connectivity index (χ4v) is 5.24. The highest BCUT2D eigenvalue weighted by Gasteiger charge is 2.54. The van der Waals surface area contributed by atoms with Crippen molar-refractivity contribution in [3.05, 3.63) is 17.6 Å². The van der Waals surface area contributed by atoms with Crippen molar-refractivity contribution in [3.8, 4) is 0 Å². The minimum absolute atomic E-state index is 0.0487. The predicted octanol–water partition coefficient (Wildman–Crippen LogP) is -2.27. The summed E-state index contributed by atoms with van der Waals surface area (Å²) in [5.41, 5.74) is 0.547. The lowest BCUT2D eigenvalue weighted by atomic mass is 10.0. The van der Waals surface area contributed by atoms with E-state index in [4.69, 9.17) is 0 Å². The SMILES string of the molecule is Cn1nnnc1SCC1=C(C(=O)O)N2C(=O)C(NC(=O)Cn3cnnn3)[C@@H]2SC1. The Kier molecular flexibility index (Phi) is 5.18. The molecule has 152 valence electrons. The molecule has 1 saturated heterocycles. The van der Waals surface area contributed by atoms with Gasteiger partial charge in [-0.25, -0.2) is 14.2 Å². The van der Waals surface area contributed by atoms with Gasteiger partial charge in [-0.2, -0.15) is 0 Å². The zero-order valence-electron chi connectivity index (χ0n) is 14.9. The summed E-state index contributed by atoms with van der Waals surface area (Å²) in [7, 11) is 1.68. The Morgan fingerprint density at radius 2 is 2.21 bits per heavy atom. The first-order valence-corrected chi connectivity index (χ1v) is 10.2. The monoisotopic (exact) mass is 438 g/mol. The van der Waals surface area contributed by atoms with Gasteiger partial charge in [0, 0.05) is 18.6 Å². The second-order valence-corrected chi connectivity index (χ2v) is 8.14. The van der Waals surface area contributed by atoms with Crippen molar-refractivity contribution in [2.45, 2.75) is 23.1 Å². The quantitative estimate of drug-likeness (QED) is 0.351. The number of aromatic nitrogens is 8. The van der Waals surface area contributed by atoms with E-state index in [1.54, 1.807) is 7.05 Å². The lowest BCUT2D eigenvalue weighted by Gasteiger charge is -2.49. The number of thioether (sulfide) groups is 2. The lowest BCUT2D eigenvalue weighted by Crippen LogP contribution is -2.70. The van der Waals surface area contributed by atoms with Crippen LogP contribution in [0.4, 0.5) is 0 Å². The summed E-state index contributed by atoms with van der Waals surface area (Å²) in [5, 5.41) is 33.9. The summed E-state index contributed by atoms with van der Waals surface area (Å²) >= 11 is 2.68. The minimum Gasteiger partial charge on any atom is -0.477 e. The number of nitrogens with zero attached hydrogens (tertiary/aromatic N) is 9. The molecule has 0 saturated carbocycles. The molecular weight excluding hydrogens is 424 g/mol. The highest BCUT2D eigenvalue weighted by molar-refractivity contribution is 8.01. The van der Waals surface area contributed by atoms with E-state index in [1.165, 1.54) is 44.1 Å². The van der Waals surface area contributed by atoms with Crippen LogP contribution in [-0.2, 0) is 28.0 Å². The maximum Gasteiger partial charge on any atom is 0.352 e. The van der Waals surface area contributed by atoms with Gasteiger partial charge < -0.3 is 10.4 Å². The molecule has 2 N–H and O–H groups in total. The number of carboxylic acids is 1. The molecule has 1 unspecified atom stereocenters. The normalized spacial score (nSPS) is 21.0. The van der Waals surface area contributed by atoms with E-state index in [0.717, 1.165) is 0 Å². The summed E-state index contributed by atoms with van der Waals surface area (Å²) < 4.78 is 2.71. The number of hydrogen-bond donors (Lipinski definition) is 2. The molecule has 2 aliphatic rings. The van der Waals surface area contributed by atoms with E-state index in [9.17, 15) is 19.5 Å². The third-order valence-electron chi connectivity index (χ3n) is 4.22. The zero-order valence-corrected chi connectivity index (χ0v) is 16.5. The number of amides is 2. The van der Waals surface area contributed by atoms with E-state index < -0.39 is 29.2 Å². The number of carbonyl (C=O) groups is 3. The van der Waals surface area contributed by atoms with Crippen molar-refractivity contribution in [3.63, 3.8) is 0 Å². The highest BCUT2D eigenvalue weighted by atomic mass is 32.2. The minimum atomic E-state index is -1.19. The van der Waals surface area contributed by atoms with Crippen LogP contribution >= 0.6 is 23.5 Å². The molecule has 16 heteroatoms. The first-order chi connectivity index (χ1) is 14.0. The Bertz CT molecular complexity index is 990. The molecule has 2 aromatic heterocycles. The average molecular weight is 438 g/mol. The smallest absolute Gasteiger partial charge is 0.352 e. The number of hydrogen-bond acceptors (Lipinski definition) is 11. The molecule has 1 fully saturated rings. The van der Waals surface area contributed by atoms with E-state index in [-0.39, 0.29) is 12.2 Å².